The molecule has 10 heteroatoms. The number of halogens is 3. The van der Waals surface area contributed by atoms with Gasteiger partial charge < -0.3 is 9.47 Å². The van der Waals surface area contributed by atoms with Gasteiger partial charge in [0.2, 0.25) is 0 Å². The van der Waals surface area contributed by atoms with Gasteiger partial charge in [0, 0.05) is 38.1 Å². The molecule has 0 saturated heterocycles. The lowest BCUT2D eigenvalue weighted by atomic mass is 9.97. The van der Waals surface area contributed by atoms with Crippen LogP contribution in [0.15, 0.2) is 30.7 Å². The van der Waals surface area contributed by atoms with E-state index in [-0.39, 0.29) is 19.1 Å². The normalized spacial score (nSPS) is 20.8. The summed E-state index contributed by atoms with van der Waals surface area (Å²) in [7, 11) is -3.59. The minimum Gasteiger partial charge on any atom is -0.361 e. The highest BCUT2D eigenvalue weighted by molar-refractivity contribution is 7.89. The molecule has 0 N–H and O–H groups in total. The fraction of sp³-hybridized carbons (Fsp3) is 0.609. The Bertz CT molecular complexity index is 1080. The van der Waals surface area contributed by atoms with Gasteiger partial charge in [-0.25, -0.2) is 13.4 Å². The smallest absolute Gasteiger partial charge is 0.361 e. The number of benzene rings is 1. The van der Waals surface area contributed by atoms with Gasteiger partial charge in [-0.1, -0.05) is 43.4 Å². The number of nitrogens with zero attached hydrogens (tertiary/aromatic N) is 4. The van der Waals surface area contributed by atoms with Crippen molar-refractivity contribution in [1.82, 2.24) is 13.9 Å². The Balaban J connectivity index is 1.74. The number of imidazole rings is 1. The van der Waals surface area contributed by atoms with Crippen molar-refractivity contribution in [3.05, 3.63) is 47.5 Å². The fourth-order valence-corrected chi connectivity index (χ4v) is 6.12. The van der Waals surface area contributed by atoms with Gasteiger partial charge in [0.05, 0.1) is 18.6 Å². The van der Waals surface area contributed by atoms with Crippen LogP contribution in [0.4, 0.5) is 18.9 Å². The summed E-state index contributed by atoms with van der Waals surface area (Å²) in [4.78, 5) is 6.49. The number of rotatable bonds is 6. The van der Waals surface area contributed by atoms with Crippen molar-refractivity contribution in [3.8, 4) is 0 Å². The minimum atomic E-state index is -5.45. The maximum atomic E-state index is 13.6. The van der Waals surface area contributed by atoms with Crippen LogP contribution in [0.3, 0.4) is 0 Å². The maximum Gasteiger partial charge on any atom is 0.511 e. The minimum absolute atomic E-state index is 0.199. The summed E-state index contributed by atoms with van der Waals surface area (Å²) in [5, 5.41) is 0. The first-order valence-corrected chi connectivity index (χ1v) is 12.9. The van der Waals surface area contributed by atoms with E-state index < -0.39 is 15.5 Å². The Kier molecular flexibility index (Phi) is 6.77. The van der Waals surface area contributed by atoms with Crippen molar-refractivity contribution in [2.45, 2.75) is 70.1 Å². The van der Waals surface area contributed by atoms with Gasteiger partial charge in [-0.15, -0.1) is 0 Å². The molecule has 1 aromatic heterocycles. The Morgan fingerprint density at radius 2 is 1.88 bits per heavy atom. The van der Waals surface area contributed by atoms with Gasteiger partial charge in [0.1, 0.15) is 0 Å². The third kappa shape index (κ3) is 5.21. The third-order valence-electron chi connectivity index (χ3n) is 6.85. The third-order valence-corrected chi connectivity index (χ3v) is 8.40. The van der Waals surface area contributed by atoms with Crippen molar-refractivity contribution in [3.63, 3.8) is 0 Å². The molecule has 0 unspecified atom stereocenters. The number of aromatic nitrogens is 2. The van der Waals surface area contributed by atoms with Crippen LogP contribution in [0.5, 0.6) is 0 Å². The van der Waals surface area contributed by atoms with E-state index in [1.807, 2.05) is 36.9 Å². The number of sulfonamides is 1. The van der Waals surface area contributed by atoms with Gasteiger partial charge in [-0.2, -0.15) is 17.5 Å². The molecule has 33 heavy (non-hydrogen) atoms. The van der Waals surface area contributed by atoms with Crippen molar-refractivity contribution >= 4 is 15.7 Å². The van der Waals surface area contributed by atoms with Crippen LogP contribution < -0.4 is 4.90 Å². The topological polar surface area (TPSA) is 58.4 Å². The maximum absolute atomic E-state index is 13.6. The highest BCUT2D eigenvalue weighted by Crippen LogP contribution is 2.37. The highest BCUT2D eigenvalue weighted by Gasteiger charge is 2.51. The molecule has 2 heterocycles. The van der Waals surface area contributed by atoms with Gasteiger partial charge in [-0.05, 0) is 37.3 Å². The molecule has 1 aliphatic heterocycles. The zero-order valence-corrected chi connectivity index (χ0v) is 19.9. The molecule has 0 amide bonds. The Hall–Kier alpha value is -2.07. The molecule has 1 saturated carbocycles. The van der Waals surface area contributed by atoms with Gasteiger partial charge in [0.15, 0.2) is 0 Å². The second-order valence-corrected chi connectivity index (χ2v) is 11.3. The van der Waals surface area contributed by atoms with E-state index in [0.717, 1.165) is 36.2 Å². The molecular weight excluding hydrogens is 453 g/mol. The predicted molar refractivity (Wildman–Crippen MR) is 121 cm³/mol. The zero-order valence-electron chi connectivity index (χ0n) is 19.1. The monoisotopic (exact) mass is 484 g/mol. The Morgan fingerprint density at radius 1 is 1.15 bits per heavy atom. The zero-order chi connectivity index (χ0) is 23.8. The van der Waals surface area contributed by atoms with Gasteiger partial charge in [0.25, 0.3) is 0 Å². The van der Waals surface area contributed by atoms with E-state index in [9.17, 15) is 21.6 Å². The molecule has 2 aromatic rings. The average molecular weight is 485 g/mol. The molecule has 0 spiro atoms. The first-order valence-electron chi connectivity index (χ1n) is 11.4. The Morgan fingerprint density at radius 3 is 2.52 bits per heavy atom. The van der Waals surface area contributed by atoms with Crippen LogP contribution in [-0.4, -0.2) is 40.4 Å². The standard InChI is InChI=1S/C23H31F3N4O2S/c1-17-7-10-22-19(11-17)12-29(33(31,32)23(24,25)26)15-21(9-8-18-5-3-4-6-18)30(22)14-20-13-28(2)16-27-20/h7,10-11,13,16,18,21H,3-6,8-9,12,14-15H2,1-2H3/t21-/m0/s1. The quantitative estimate of drug-likeness (QED) is 0.594. The Labute approximate surface area is 193 Å². The summed E-state index contributed by atoms with van der Waals surface area (Å²) in [6, 6.07) is 5.24. The second kappa shape index (κ2) is 9.29. The summed E-state index contributed by atoms with van der Waals surface area (Å²) >= 11 is 0. The van der Waals surface area contributed by atoms with E-state index in [4.69, 9.17) is 0 Å². The van der Waals surface area contributed by atoms with Crippen molar-refractivity contribution in [2.75, 3.05) is 11.4 Å². The lowest BCUT2D eigenvalue weighted by molar-refractivity contribution is -0.0492. The average Bonchev–Trinajstić information content (AvgIpc) is 3.36. The summed E-state index contributed by atoms with van der Waals surface area (Å²) in [5.41, 5.74) is -2.30. The van der Waals surface area contributed by atoms with Crippen molar-refractivity contribution in [2.24, 2.45) is 13.0 Å². The molecule has 1 atom stereocenters. The van der Waals surface area contributed by atoms with Crippen LogP contribution >= 0.6 is 0 Å². The lowest BCUT2D eigenvalue weighted by Crippen LogP contribution is -2.47. The molecule has 1 aromatic carbocycles. The van der Waals surface area contributed by atoms with E-state index in [0.29, 0.717) is 28.8 Å². The van der Waals surface area contributed by atoms with E-state index in [1.54, 1.807) is 12.4 Å². The first kappa shape index (κ1) is 24.1. The van der Waals surface area contributed by atoms with Gasteiger partial charge >= 0.3 is 15.5 Å². The highest BCUT2D eigenvalue weighted by atomic mass is 32.2. The SMILES string of the molecule is Cc1ccc2c(c1)CN(S(=O)(=O)C(F)(F)F)C[C@H](CCC1CCCC1)N2Cc1cn(C)cn1. The fourth-order valence-electron chi connectivity index (χ4n) is 5.15. The largest absolute Gasteiger partial charge is 0.511 e. The van der Waals surface area contributed by atoms with Crippen molar-refractivity contribution in [1.29, 1.82) is 0 Å². The molecule has 0 bridgehead atoms. The van der Waals surface area contributed by atoms with Gasteiger partial charge in [-0.3, -0.25) is 0 Å². The molecule has 182 valence electrons. The summed E-state index contributed by atoms with van der Waals surface area (Å²) < 4.78 is 68.1. The molecule has 6 nitrogen and oxygen atoms in total. The van der Waals surface area contributed by atoms with Crippen LogP contribution in [0.2, 0.25) is 0 Å². The molecule has 1 aliphatic carbocycles. The number of aryl methyl sites for hydroxylation is 2. The van der Waals surface area contributed by atoms with Crippen LogP contribution in [0, 0.1) is 12.8 Å². The van der Waals surface area contributed by atoms with E-state index in [1.165, 1.54) is 12.8 Å². The number of fused-ring (bicyclic) bond motifs is 1. The lowest BCUT2D eigenvalue weighted by Gasteiger charge is -2.34. The van der Waals surface area contributed by atoms with Crippen LogP contribution in [0.25, 0.3) is 0 Å². The number of alkyl halides is 3. The summed E-state index contributed by atoms with van der Waals surface area (Å²) in [5.74, 6) is 0.551. The number of anilines is 1. The van der Waals surface area contributed by atoms with E-state index >= 15 is 0 Å². The molecule has 1 fully saturated rings. The van der Waals surface area contributed by atoms with Crippen molar-refractivity contribution < 1.29 is 21.6 Å². The summed E-state index contributed by atoms with van der Waals surface area (Å²) in [6.45, 7) is 1.77. The molecular formula is C23H31F3N4O2S. The first-order chi connectivity index (χ1) is 15.5. The molecule has 4 rings (SSSR count). The van der Waals surface area contributed by atoms with E-state index in [2.05, 4.69) is 9.88 Å². The number of hydrogen-bond acceptors (Lipinski definition) is 4. The predicted octanol–water partition coefficient (Wildman–Crippen LogP) is 4.74. The van der Waals surface area contributed by atoms with Crippen LogP contribution in [0.1, 0.15) is 55.3 Å². The summed E-state index contributed by atoms with van der Waals surface area (Å²) in [6.07, 6.45) is 9.72. The second-order valence-electron chi connectivity index (χ2n) is 9.42. The van der Waals surface area contributed by atoms with Crippen LogP contribution in [-0.2, 0) is 30.2 Å². The number of hydrogen-bond donors (Lipinski definition) is 0. The molecule has 2 aliphatic rings. The molecule has 0 radical (unpaired) electrons.